The average molecular weight is 266 g/mol. The minimum Gasteiger partial charge on any atom is -0.481 e. The van der Waals surface area contributed by atoms with Gasteiger partial charge in [0.05, 0.1) is 0 Å². The maximum atomic E-state index is 10.3. The molecule has 0 saturated heterocycles. The van der Waals surface area contributed by atoms with Crippen molar-refractivity contribution in [1.29, 1.82) is 0 Å². The molecule has 0 spiro atoms. The second-order valence-electron chi connectivity index (χ2n) is 5.18. The summed E-state index contributed by atoms with van der Waals surface area (Å²) in [6.45, 7) is 2.25. The van der Waals surface area contributed by atoms with E-state index in [1.807, 2.05) is 0 Å². The lowest BCUT2D eigenvalue weighted by molar-refractivity contribution is -0.137. The highest BCUT2D eigenvalue weighted by Crippen LogP contribution is 2.10. The average Bonchev–Trinajstić information content (AvgIpc) is 2.39. The molecule has 110 valence electrons. The third kappa shape index (κ3) is 17.0. The standard InChI is InChI=1S/C17H30O2/c1-2-3-4-5-6-7-8-9-10-11-12-13-14-15-16-17(18)19/h2-11,14-16H2,1H3,(H,18,19). The Bertz CT molecular complexity index is 260. The van der Waals surface area contributed by atoms with Gasteiger partial charge >= 0.3 is 5.97 Å². The van der Waals surface area contributed by atoms with E-state index in [9.17, 15) is 4.79 Å². The van der Waals surface area contributed by atoms with Crippen molar-refractivity contribution in [2.75, 3.05) is 0 Å². The quantitative estimate of drug-likeness (QED) is 0.391. The maximum absolute atomic E-state index is 10.3. The van der Waals surface area contributed by atoms with Gasteiger partial charge in [-0.25, -0.2) is 0 Å². The fourth-order valence-corrected chi connectivity index (χ4v) is 2.03. The zero-order chi connectivity index (χ0) is 14.2. The Morgan fingerprint density at radius 3 is 1.79 bits per heavy atom. The molecule has 0 aliphatic heterocycles. The van der Waals surface area contributed by atoms with Gasteiger partial charge in [0.15, 0.2) is 0 Å². The zero-order valence-corrected chi connectivity index (χ0v) is 12.5. The van der Waals surface area contributed by atoms with Gasteiger partial charge in [-0.3, -0.25) is 4.79 Å². The fraction of sp³-hybridized carbons (Fsp3) is 0.824. The third-order valence-corrected chi connectivity index (χ3v) is 3.22. The van der Waals surface area contributed by atoms with E-state index in [4.69, 9.17) is 5.11 Å². The Hall–Kier alpha value is -0.970. The molecule has 0 radical (unpaired) electrons. The molecular formula is C17H30O2. The van der Waals surface area contributed by atoms with Crippen LogP contribution in [0.3, 0.4) is 0 Å². The lowest BCUT2D eigenvalue weighted by atomic mass is 10.1. The summed E-state index contributed by atoms with van der Waals surface area (Å²) in [7, 11) is 0. The highest BCUT2D eigenvalue weighted by molar-refractivity contribution is 5.66. The van der Waals surface area contributed by atoms with Gasteiger partial charge in [0, 0.05) is 19.3 Å². The van der Waals surface area contributed by atoms with Crippen molar-refractivity contribution in [2.45, 2.75) is 90.4 Å². The molecule has 0 aromatic heterocycles. The molecule has 0 saturated carbocycles. The minimum atomic E-state index is -0.722. The normalized spacial score (nSPS) is 9.95. The molecule has 19 heavy (non-hydrogen) atoms. The summed E-state index contributed by atoms with van der Waals surface area (Å²) in [6.07, 6.45) is 14.7. The van der Waals surface area contributed by atoms with Gasteiger partial charge in [-0.1, -0.05) is 58.3 Å². The number of rotatable bonds is 12. The molecule has 2 nitrogen and oxygen atoms in total. The van der Waals surface area contributed by atoms with Crippen LogP contribution in [-0.2, 0) is 4.79 Å². The molecule has 0 bridgehead atoms. The van der Waals surface area contributed by atoms with Crippen LogP contribution in [0.4, 0.5) is 0 Å². The van der Waals surface area contributed by atoms with E-state index in [1.54, 1.807) is 0 Å². The Kier molecular flexibility index (Phi) is 14.3. The van der Waals surface area contributed by atoms with Crippen LogP contribution >= 0.6 is 0 Å². The molecule has 0 amide bonds. The van der Waals surface area contributed by atoms with E-state index in [2.05, 4.69) is 18.8 Å². The summed E-state index contributed by atoms with van der Waals surface area (Å²) >= 11 is 0. The molecule has 0 unspecified atom stereocenters. The summed E-state index contributed by atoms with van der Waals surface area (Å²) in [5, 5.41) is 8.46. The minimum absolute atomic E-state index is 0.243. The van der Waals surface area contributed by atoms with Gasteiger partial charge in [0.25, 0.3) is 0 Å². The summed E-state index contributed by atoms with van der Waals surface area (Å²) in [5.41, 5.74) is 0. The summed E-state index contributed by atoms with van der Waals surface area (Å²) in [6, 6.07) is 0. The van der Waals surface area contributed by atoms with Crippen LogP contribution in [0.2, 0.25) is 0 Å². The van der Waals surface area contributed by atoms with Crippen LogP contribution in [0.5, 0.6) is 0 Å². The predicted octanol–water partition coefficient (Wildman–Crippen LogP) is 5.17. The van der Waals surface area contributed by atoms with E-state index in [-0.39, 0.29) is 6.42 Å². The van der Waals surface area contributed by atoms with Crippen molar-refractivity contribution in [2.24, 2.45) is 0 Å². The lowest BCUT2D eigenvalue weighted by Gasteiger charge is -2.00. The highest BCUT2D eigenvalue weighted by Gasteiger charge is 1.93. The van der Waals surface area contributed by atoms with Crippen molar-refractivity contribution >= 4 is 5.97 Å². The highest BCUT2D eigenvalue weighted by atomic mass is 16.4. The Morgan fingerprint density at radius 1 is 0.789 bits per heavy atom. The van der Waals surface area contributed by atoms with E-state index >= 15 is 0 Å². The van der Waals surface area contributed by atoms with Gasteiger partial charge in [-0.05, 0) is 12.8 Å². The molecular weight excluding hydrogens is 236 g/mol. The van der Waals surface area contributed by atoms with Crippen LogP contribution in [0.25, 0.3) is 0 Å². The first-order valence-electron chi connectivity index (χ1n) is 7.95. The zero-order valence-electron chi connectivity index (χ0n) is 12.5. The predicted molar refractivity (Wildman–Crippen MR) is 81.1 cm³/mol. The number of hydrogen-bond donors (Lipinski definition) is 1. The van der Waals surface area contributed by atoms with Crippen molar-refractivity contribution in [3.63, 3.8) is 0 Å². The molecule has 0 aliphatic carbocycles. The van der Waals surface area contributed by atoms with Gasteiger partial charge < -0.3 is 5.11 Å². The molecule has 0 aromatic carbocycles. The van der Waals surface area contributed by atoms with E-state index < -0.39 is 5.97 Å². The fourth-order valence-electron chi connectivity index (χ4n) is 2.03. The number of hydrogen-bond acceptors (Lipinski definition) is 1. The molecule has 0 heterocycles. The number of unbranched alkanes of at least 4 members (excludes halogenated alkanes) is 10. The lowest BCUT2D eigenvalue weighted by Crippen LogP contribution is -1.92. The Labute approximate surface area is 119 Å². The summed E-state index contributed by atoms with van der Waals surface area (Å²) in [4.78, 5) is 10.3. The summed E-state index contributed by atoms with van der Waals surface area (Å²) < 4.78 is 0. The van der Waals surface area contributed by atoms with Crippen LogP contribution in [0, 0.1) is 11.8 Å². The molecule has 0 atom stereocenters. The van der Waals surface area contributed by atoms with Crippen molar-refractivity contribution in [1.82, 2.24) is 0 Å². The SMILES string of the molecule is CCCCCCCCCCCC#CCCCC(=O)O. The molecule has 0 fully saturated rings. The Morgan fingerprint density at radius 2 is 1.26 bits per heavy atom. The van der Waals surface area contributed by atoms with Gasteiger partial charge in [-0.15, -0.1) is 11.8 Å². The Balaban J connectivity index is 3.10. The molecule has 0 rings (SSSR count). The van der Waals surface area contributed by atoms with E-state index in [0.29, 0.717) is 6.42 Å². The largest absolute Gasteiger partial charge is 0.481 e. The van der Waals surface area contributed by atoms with E-state index in [1.165, 1.54) is 57.8 Å². The number of carbonyl (C=O) groups is 1. The van der Waals surface area contributed by atoms with Crippen LogP contribution in [-0.4, -0.2) is 11.1 Å². The van der Waals surface area contributed by atoms with Crippen molar-refractivity contribution in [3.8, 4) is 11.8 Å². The smallest absolute Gasteiger partial charge is 0.303 e. The van der Waals surface area contributed by atoms with Gasteiger partial charge in [-0.2, -0.15) is 0 Å². The second kappa shape index (κ2) is 15.1. The first kappa shape index (κ1) is 18.0. The van der Waals surface area contributed by atoms with Gasteiger partial charge in [0.2, 0.25) is 0 Å². The molecule has 1 N–H and O–H groups in total. The molecule has 0 aromatic rings. The third-order valence-electron chi connectivity index (χ3n) is 3.22. The molecule has 2 heteroatoms. The van der Waals surface area contributed by atoms with Crippen LogP contribution in [0.1, 0.15) is 90.4 Å². The topological polar surface area (TPSA) is 37.3 Å². The maximum Gasteiger partial charge on any atom is 0.303 e. The van der Waals surface area contributed by atoms with Crippen LogP contribution < -0.4 is 0 Å². The first-order chi connectivity index (χ1) is 9.27. The van der Waals surface area contributed by atoms with Crippen LogP contribution in [0.15, 0.2) is 0 Å². The summed E-state index contributed by atoms with van der Waals surface area (Å²) in [5.74, 6) is 5.47. The van der Waals surface area contributed by atoms with Crippen molar-refractivity contribution < 1.29 is 9.90 Å². The number of carboxylic acid groups (broad SMARTS) is 1. The number of aliphatic carboxylic acids is 1. The van der Waals surface area contributed by atoms with Gasteiger partial charge in [0.1, 0.15) is 0 Å². The second-order valence-corrected chi connectivity index (χ2v) is 5.18. The first-order valence-corrected chi connectivity index (χ1v) is 7.95. The van der Waals surface area contributed by atoms with E-state index in [0.717, 1.165) is 12.8 Å². The molecule has 0 aliphatic rings. The monoisotopic (exact) mass is 266 g/mol. The van der Waals surface area contributed by atoms with Crippen molar-refractivity contribution in [3.05, 3.63) is 0 Å². The number of carboxylic acids is 1.